The molecule has 0 amide bonds. The molecule has 1 aromatic rings. The predicted octanol–water partition coefficient (Wildman–Crippen LogP) is 1.59. The zero-order valence-corrected chi connectivity index (χ0v) is 10.1. The molecule has 88 valence electrons. The van der Waals surface area contributed by atoms with Crippen LogP contribution in [0.3, 0.4) is 0 Å². The fourth-order valence-corrected chi connectivity index (χ4v) is 2.20. The van der Waals surface area contributed by atoms with Crippen LogP contribution in [-0.4, -0.2) is 30.3 Å². The highest BCUT2D eigenvalue weighted by Crippen LogP contribution is 2.24. The molecule has 1 aliphatic rings. The van der Waals surface area contributed by atoms with Crippen molar-refractivity contribution in [2.75, 3.05) is 23.7 Å². The first-order chi connectivity index (χ1) is 7.56. The van der Waals surface area contributed by atoms with Gasteiger partial charge >= 0.3 is 0 Å². The molecule has 4 heteroatoms. The monoisotopic (exact) mass is 221 g/mol. The van der Waals surface area contributed by atoms with Gasteiger partial charge in [0, 0.05) is 19.3 Å². The summed E-state index contributed by atoms with van der Waals surface area (Å²) in [5.41, 5.74) is 7.84. The minimum atomic E-state index is 0.228. The van der Waals surface area contributed by atoms with Gasteiger partial charge in [0.05, 0.1) is 17.9 Å². The van der Waals surface area contributed by atoms with E-state index in [9.17, 15) is 0 Å². The average molecular weight is 221 g/mol. The van der Waals surface area contributed by atoms with E-state index in [1.54, 1.807) is 0 Å². The zero-order valence-electron chi connectivity index (χ0n) is 10.1. The van der Waals surface area contributed by atoms with Crippen molar-refractivity contribution in [1.82, 2.24) is 4.98 Å². The smallest absolute Gasteiger partial charge is 0.151 e. The lowest BCUT2D eigenvalue weighted by atomic mass is 10.2. The predicted molar refractivity (Wildman–Crippen MR) is 65.6 cm³/mol. The van der Waals surface area contributed by atoms with E-state index in [4.69, 9.17) is 10.5 Å². The van der Waals surface area contributed by atoms with Gasteiger partial charge in [0.2, 0.25) is 0 Å². The van der Waals surface area contributed by atoms with E-state index < -0.39 is 0 Å². The first-order valence-electron chi connectivity index (χ1n) is 5.69. The van der Waals surface area contributed by atoms with E-state index in [-0.39, 0.29) is 12.2 Å². The summed E-state index contributed by atoms with van der Waals surface area (Å²) in [6.07, 6.45) is 2.31. The Morgan fingerprint density at radius 3 is 2.56 bits per heavy atom. The Kier molecular flexibility index (Phi) is 3.01. The number of hydrogen-bond acceptors (Lipinski definition) is 4. The van der Waals surface area contributed by atoms with Crippen LogP contribution in [0.2, 0.25) is 0 Å². The van der Waals surface area contributed by atoms with Gasteiger partial charge in [-0.25, -0.2) is 4.98 Å². The van der Waals surface area contributed by atoms with Gasteiger partial charge in [0.1, 0.15) is 0 Å². The normalized spacial score (nSPS) is 25.8. The van der Waals surface area contributed by atoms with E-state index in [1.165, 1.54) is 0 Å². The molecule has 4 nitrogen and oxygen atoms in total. The van der Waals surface area contributed by atoms with Gasteiger partial charge in [0.25, 0.3) is 0 Å². The summed E-state index contributed by atoms with van der Waals surface area (Å²) in [6, 6.07) is 1.97. The number of nitrogen functional groups attached to an aromatic ring is 1. The van der Waals surface area contributed by atoms with Gasteiger partial charge < -0.3 is 15.4 Å². The number of anilines is 2. The van der Waals surface area contributed by atoms with Crippen LogP contribution in [0.5, 0.6) is 0 Å². The second kappa shape index (κ2) is 4.29. The Morgan fingerprint density at radius 2 is 2.00 bits per heavy atom. The lowest BCUT2D eigenvalue weighted by Crippen LogP contribution is -2.46. The maximum absolute atomic E-state index is 6.00. The van der Waals surface area contributed by atoms with Gasteiger partial charge in [-0.05, 0) is 32.4 Å². The van der Waals surface area contributed by atoms with Crippen molar-refractivity contribution in [1.29, 1.82) is 0 Å². The van der Waals surface area contributed by atoms with Gasteiger partial charge in [-0.15, -0.1) is 0 Å². The zero-order chi connectivity index (χ0) is 11.7. The third-order valence-corrected chi connectivity index (χ3v) is 2.75. The van der Waals surface area contributed by atoms with Crippen LogP contribution in [0, 0.1) is 6.92 Å². The number of aryl methyl sites for hydroxylation is 1. The summed E-state index contributed by atoms with van der Waals surface area (Å²) in [5.74, 6) is 0.882. The lowest BCUT2D eigenvalue weighted by molar-refractivity contribution is -0.00540. The summed E-state index contributed by atoms with van der Waals surface area (Å²) in [6.45, 7) is 7.85. The number of nitrogens with two attached hydrogens (primary N) is 1. The number of rotatable bonds is 1. The molecular formula is C12H19N3O. The molecule has 2 rings (SSSR count). The number of hydrogen-bond donors (Lipinski definition) is 1. The molecule has 2 N–H and O–H groups in total. The molecule has 0 aromatic carbocycles. The molecule has 0 saturated carbocycles. The number of pyridine rings is 1. The van der Waals surface area contributed by atoms with Gasteiger partial charge in [-0.3, -0.25) is 0 Å². The molecule has 1 saturated heterocycles. The van der Waals surface area contributed by atoms with Crippen LogP contribution >= 0.6 is 0 Å². The fourth-order valence-electron chi connectivity index (χ4n) is 2.20. The Hall–Kier alpha value is -1.29. The van der Waals surface area contributed by atoms with E-state index in [0.29, 0.717) is 0 Å². The molecule has 0 aliphatic carbocycles. The second-order valence-electron chi connectivity index (χ2n) is 4.59. The molecular weight excluding hydrogens is 202 g/mol. The second-order valence-corrected chi connectivity index (χ2v) is 4.59. The maximum atomic E-state index is 6.00. The molecule has 2 atom stereocenters. The van der Waals surface area contributed by atoms with Gasteiger partial charge in [-0.1, -0.05) is 0 Å². The third-order valence-electron chi connectivity index (χ3n) is 2.75. The quantitative estimate of drug-likeness (QED) is 0.782. The van der Waals surface area contributed by atoms with Crippen LogP contribution in [0.25, 0.3) is 0 Å². The maximum Gasteiger partial charge on any atom is 0.151 e. The van der Waals surface area contributed by atoms with Crippen molar-refractivity contribution in [3.05, 3.63) is 17.8 Å². The van der Waals surface area contributed by atoms with Gasteiger partial charge in [-0.2, -0.15) is 0 Å². The summed E-state index contributed by atoms with van der Waals surface area (Å²) in [7, 11) is 0. The minimum absolute atomic E-state index is 0.228. The first kappa shape index (κ1) is 11.2. The molecule has 0 bridgehead atoms. The minimum Gasteiger partial charge on any atom is -0.396 e. The molecule has 2 heterocycles. The van der Waals surface area contributed by atoms with Gasteiger partial charge in [0.15, 0.2) is 5.82 Å². The molecule has 16 heavy (non-hydrogen) atoms. The standard InChI is InChI=1S/C12H19N3O/c1-8-4-11(13)12(14-5-8)15-6-9(2)16-10(3)7-15/h4-5,9-10H,6-7,13H2,1-3H3. The third kappa shape index (κ3) is 2.27. The molecule has 1 aliphatic heterocycles. The van der Waals surface area contributed by atoms with E-state index in [1.807, 2.05) is 19.2 Å². The van der Waals surface area contributed by atoms with Crippen molar-refractivity contribution in [3.8, 4) is 0 Å². The van der Waals surface area contributed by atoms with Crippen LogP contribution in [-0.2, 0) is 4.74 Å². The topological polar surface area (TPSA) is 51.4 Å². The summed E-state index contributed by atoms with van der Waals surface area (Å²) >= 11 is 0. The SMILES string of the molecule is Cc1cnc(N2CC(C)OC(C)C2)c(N)c1. The molecule has 0 radical (unpaired) electrons. The van der Waals surface area contributed by atoms with Crippen molar-refractivity contribution in [2.45, 2.75) is 33.0 Å². The van der Waals surface area contributed by atoms with Crippen LogP contribution < -0.4 is 10.6 Å². The van der Waals surface area contributed by atoms with Crippen molar-refractivity contribution < 1.29 is 4.74 Å². The lowest BCUT2D eigenvalue weighted by Gasteiger charge is -2.36. The molecule has 0 spiro atoms. The molecule has 1 aromatic heterocycles. The van der Waals surface area contributed by atoms with Crippen molar-refractivity contribution >= 4 is 11.5 Å². The molecule has 1 fully saturated rings. The van der Waals surface area contributed by atoms with Crippen molar-refractivity contribution in [2.24, 2.45) is 0 Å². The Labute approximate surface area is 96.4 Å². The summed E-state index contributed by atoms with van der Waals surface area (Å²) in [4.78, 5) is 6.62. The Morgan fingerprint density at radius 1 is 1.38 bits per heavy atom. The Bertz CT molecular complexity index is 371. The van der Waals surface area contributed by atoms with Crippen molar-refractivity contribution in [3.63, 3.8) is 0 Å². The first-order valence-corrected chi connectivity index (χ1v) is 5.69. The summed E-state index contributed by atoms with van der Waals surface area (Å²) in [5, 5.41) is 0. The summed E-state index contributed by atoms with van der Waals surface area (Å²) < 4.78 is 5.69. The van der Waals surface area contributed by atoms with E-state index >= 15 is 0 Å². The van der Waals surface area contributed by atoms with Crippen LogP contribution in [0.15, 0.2) is 12.3 Å². The van der Waals surface area contributed by atoms with E-state index in [2.05, 4.69) is 23.7 Å². The number of ether oxygens (including phenoxy) is 1. The van der Waals surface area contributed by atoms with Crippen LogP contribution in [0.4, 0.5) is 11.5 Å². The fraction of sp³-hybridized carbons (Fsp3) is 0.583. The van der Waals surface area contributed by atoms with E-state index in [0.717, 1.165) is 30.2 Å². The highest BCUT2D eigenvalue weighted by atomic mass is 16.5. The number of nitrogens with zero attached hydrogens (tertiary/aromatic N) is 2. The van der Waals surface area contributed by atoms with Crippen LogP contribution in [0.1, 0.15) is 19.4 Å². The number of morpholine rings is 1. The molecule has 2 unspecified atom stereocenters. The highest BCUT2D eigenvalue weighted by Gasteiger charge is 2.24. The largest absolute Gasteiger partial charge is 0.396 e. The highest BCUT2D eigenvalue weighted by molar-refractivity contribution is 5.63. The number of aromatic nitrogens is 1. The Balaban J connectivity index is 2.23. The average Bonchev–Trinajstić information content (AvgIpc) is 2.15.